The molecule has 0 unspecified atom stereocenters. The molecule has 1 aromatic carbocycles. The van der Waals surface area contributed by atoms with Crippen molar-refractivity contribution in [2.24, 2.45) is 0 Å². The van der Waals surface area contributed by atoms with Gasteiger partial charge in [0.05, 0.1) is 0 Å². The summed E-state index contributed by atoms with van der Waals surface area (Å²) in [5, 5.41) is 3.35. The van der Waals surface area contributed by atoms with Crippen LogP contribution < -0.4 is 10.1 Å². The van der Waals surface area contributed by atoms with Gasteiger partial charge in [-0.2, -0.15) is 0 Å². The van der Waals surface area contributed by atoms with Crippen LogP contribution in [0.3, 0.4) is 0 Å². The number of aromatic nitrogens is 1. The summed E-state index contributed by atoms with van der Waals surface area (Å²) in [4.78, 5) is 4.57. The number of halogens is 1. The fourth-order valence-electron chi connectivity index (χ4n) is 2.21. The fraction of sp³-hybridized carbons (Fsp3) is 0.353. The van der Waals surface area contributed by atoms with E-state index in [2.05, 4.69) is 46.1 Å². The lowest BCUT2D eigenvalue weighted by Crippen LogP contribution is -2.14. The van der Waals surface area contributed by atoms with Crippen LogP contribution in [0.2, 0.25) is 0 Å². The van der Waals surface area contributed by atoms with Crippen LogP contribution in [0.5, 0.6) is 11.6 Å². The van der Waals surface area contributed by atoms with E-state index in [-0.39, 0.29) is 0 Å². The highest BCUT2D eigenvalue weighted by Gasteiger charge is 2.12. The lowest BCUT2D eigenvalue weighted by molar-refractivity contribution is 0.448. The SMILES string of the molecule is CCNCc1c(C)cc(C)nc1Oc1ccc(Br)cc1C. The van der Waals surface area contributed by atoms with Gasteiger partial charge in [-0.1, -0.05) is 22.9 Å². The first-order chi connectivity index (χ1) is 10.0. The van der Waals surface area contributed by atoms with Gasteiger partial charge in [0.2, 0.25) is 5.88 Å². The molecule has 1 heterocycles. The van der Waals surface area contributed by atoms with Crippen LogP contribution in [-0.4, -0.2) is 11.5 Å². The Hall–Kier alpha value is -1.39. The molecule has 1 aromatic heterocycles. The van der Waals surface area contributed by atoms with Crippen molar-refractivity contribution in [2.45, 2.75) is 34.2 Å². The van der Waals surface area contributed by atoms with Crippen molar-refractivity contribution in [1.82, 2.24) is 10.3 Å². The molecular formula is C17H21BrN2O. The molecule has 0 radical (unpaired) electrons. The van der Waals surface area contributed by atoms with Crippen molar-refractivity contribution in [1.29, 1.82) is 0 Å². The Bertz CT molecular complexity index is 641. The second-order valence-electron chi connectivity index (χ2n) is 5.16. The molecule has 0 bridgehead atoms. The standard InChI is InChI=1S/C17H21BrN2O/c1-5-19-10-15-11(2)8-13(4)20-17(15)21-16-7-6-14(18)9-12(16)3/h6-9,19H,5,10H2,1-4H3. The Morgan fingerprint density at radius 1 is 1.14 bits per heavy atom. The van der Waals surface area contributed by atoms with Crippen LogP contribution in [0.25, 0.3) is 0 Å². The van der Waals surface area contributed by atoms with Crippen LogP contribution in [0.15, 0.2) is 28.7 Å². The predicted octanol–water partition coefficient (Wildman–Crippen LogP) is 4.67. The van der Waals surface area contributed by atoms with E-state index in [0.29, 0.717) is 5.88 Å². The molecule has 3 nitrogen and oxygen atoms in total. The maximum absolute atomic E-state index is 6.08. The second kappa shape index (κ2) is 7.05. The predicted molar refractivity (Wildman–Crippen MR) is 90.0 cm³/mol. The number of ether oxygens (including phenoxy) is 1. The number of aryl methyl sites for hydroxylation is 3. The zero-order valence-electron chi connectivity index (χ0n) is 13.0. The molecule has 4 heteroatoms. The van der Waals surface area contributed by atoms with Gasteiger partial charge < -0.3 is 10.1 Å². The Labute approximate surface area is 134 Å². The zero-order chi connectivity index (χ0) is 15.4. The molecule has 0 aliphatic carbocycles. The Morgan fingerprint density at radius 2 is 1.90 bits per heavy atom. The van der Waals surface area contributed by atoms with E-state index in [0.717, 1.165) is 40.1 Å². The Morgan fingerprint density at radius 3 is 2.57 bits per heavy atom. The first-order valence-electron chi connectivity index (χ1n) is 7.13. The minimum absolute atomic E-state index is 0.693. The summed E-state index contributed by atoms with van der Waals surface area (Å²) < 4.78 is 7.13. The molecule has 0 saturated carbocycles. The van der Waals surface area contributed by atoms with Gasteiger partial charge in [-0.15, -0.1) is 0 Å². The van der Waals surface area contributed by atoms with Crippen LogP contribution in [0.1, 0.15) is 29.3 Å². The Kier molecular flexibility index (Phi) is 5.37. The maximum atomic E-state index is 6.08. The van der Waals surface area contributed by atoms with E-state index >= 15 is 0 Å². The summed E-state index contributed by atoms with van der Waals surface area (Å²) in [5.74, 6) is 1.53. The molecule has 0 amide bonds. The van der Waals surface area contributed by atoms with E-state index in [4.69, 9.17) is 4.74 Å². The molecule has 0 atom stereocenters. The van der Waals surface area contributed by atoms with Crippen molar-refractivity contribution in [3.63, 3.8) is 0 Å². The summed E-state index contributed by atoms with van der Waals surface area (Å²) in [7, 11) is 0. The van der Waals surface area contributed by atoms with Crippen LogP contribution in [-0.2, 0) is 6.54 Å². The number of benzene rings is 1. The average Bonchev–Trinajstić information content (AvgIpc) is 2.41. The molecule has 2 aromatic rings. The van der Waals surface area contributed by atoms with Crippen LogP contribution >= 0.6 is 15.9 Å². The van der Waals surface area contributed by atoms with Gasteiger partial charge in [0, 0.05) is 22.3 Å². The molecule has 21 heavy (non-hydrogen) atoms. The maximum Gasteiger partial charge on any atom is 0.224 e. The minimum atomic E-state index is 0.693. The van der Waals surface area contributed by atoms with Gasteiger partial charge >= 0.3 is 0 Å². The molecule has 2 rings (SSSR count). The first-order valence-corrected chi connectivity index (χ1v) is 7.92. The van der Waals surface area contributed by atoms with E-state index in [1.165, 1.54) is 5.56 Å². The van der Waals surface area contributed by atoms with Crippen molar-refractivity contribution in [2.75, 3.05) is 6.54 Å². The van der Waals surface area contributed by atoms with E-state index in [9.17, 15) is 0 Å². The van der Waals surface area contributed by atoms with Gasteiger partial charge in [0.25, 0.3) is 0 Å². The van der Waals surface area contributed by atoms with Crippen molar-refractivity contribution >= 4 is 15.9 Å². The average molecular weight is 349 g/mol. The third-order valence-corrected chi connectivity index (χ3v) is 3.83. The summed E-state index contributed by atoms with van der Waals surface area (Å²) in [6.45, 7) is 9.90. The zero-order valence-corrected chi connectivity index (χ0v) is 14.5. The number of nitrogens with one attached hydrogen (secondary N) is 1. The number of hydrogen-bond donors (Lipinski definition) is 1. The van der Waals surface area contributed by atoms with Gasteiger partial charge in [-0.3, -0.25) is 0 Å². The molecule has 112 valence electrons. The summed E-state index contributed by atoms with van der Waals surface area (Å²) in [6, 6.07) is 8.08. The minimum Gasteiger partial charge on any atom is -0.438 e. The van der Waals surface area contributed by atoms with Gasteiger partial charge in [-0.25, -0.2) is 4.98 Å². The van der Waals surface area contributed by atoms with Crippen LogP contribution in [0.4, 0.5) is 0 Å². The molecule has 0 fully saturated rings. The smallest absolute Gasteiger partial charge is 0.224 e. The highest BCUT2D eigenvalue weighted by atomic mass is 79.9. The van der Waals surface area contributed by atoms with E-state index in [1.54, 1.807) is 0 Å². The van der Waals surface area contributed by atoms with Crippen molar-refractivity contribution < 1.29 is 4.74 Å². The fourth-order valence-corrected chi connectivity index (χ4v) is 2.69. The van der Waals surface area contributed by atoms with Crippen LogP contribution in [0, 0.1) is 20.8 Å². The highest BCUT2D eigenvalue weighted by Crippen LogP contribution is 2.30. The number of nitrogens with zero attached hydrogens (tertiary/aromatic N) is 1. The second-order valence-corrected chi connectivity index (χ2v) is 6.07. The van der Waals surface area contributed by atoms with Crippen molar-refractivity contribution in [3.8, 4) is 11.6 Å². The van der Waals surface area contributed by atoms with Gasteiger partial charge in [0.15, 0.2) is 0 Å². The molecule has 0 aliphatic rings. The monoisotopic (exact) mass is 348 g/mol. The van der Waals surface area contributed by atoms with Gasteiger partial charge in [-0.05, 0) is 62.7 Å². The molecule has 0 spiro atoms. The highest BCUT2D eigenvalue weighted by molar-refractivity contribution is 9.10. The van der Waals surface area contributed by atoms with E-state index in [1.807, 2.05) is 32.0 Å². The molecule has 1 N–H and O–H groups in total. The third kappa shape index (κ3) is 4.05. The molecule has 0 aliphatic heterocycles. The Balaban J connectivity index is 2.37. The van der Waals surface area contributed by atoms with E-state index < -0.39 is 0 Å². The molecular weight excluding hydrogens is 328 g/mol. The third-order valence-electron chi connectivity index (χ3n) is 3.33. The van der Waals surface area contributed by atoms with Crippen molar-refractivity contribution in [3.05, 3.63) is 51.1 Å². The summed E-state index contributed by atoms with van der Waals surface area (Å²) >= 11 is 3.47. The summed E-state index contributed by atoms with van der Waals surface area (Å²) in [5.41, 5.74) is 4.37. The number of rotatable bonds is 5. The largest absolute Gasteiger partial charge is 0.438 e. The quantitative estimate of drug-likeness (QED) is 0.852. The lowest BCUT2D eigenvalue weighted by Gasteiger charge is -2.15. The number of hydrogen-bond acceptors (Lipinski definition) is 3. The molecule has 0 saturated heterocycles. The van der Waals surface area contributed by atoms with Gasteiger partial charge in [0.1, 0.15) is 5.75 Å². The lowest BCUT2D eigenvalue weighted by atomic mass is 10.1. The number of pyridine rings is 1. The summed E-state index contributed by atoms with van der Waals surface area (Å²) in [6.07, 6.45) is 0. The normalized spacial score (nSPS) is 10.7. The topological polar surface area (TPSA) is 34.2 Å². The first kappa shape index (κ1) is 16.0.